The summed E-state index contributed by atoms with van der Waals surface area (Å²) in [5.41, 5.74) is 5.50. The number of pyridine rings is 1. The van der Waals surface area contributed by atoms with Crippen LogP contribution in [0, 0.1) is 19.7 Å². The van der Waals surface area contributed by atoms with Crippen molar-refractivity contribution < 1.29 is 9.13 Å². The number of hydrogen-bond donors (Lipinski definition) is 1. The Morgan fingerprint density at radius 1 is 1.30 bits per heavy atom. The van der Waals surface area contributed by atoms with E-state index in [0.717, 1.165) is 23.2 Å². The number of halogens is 1. The van der Waals surface area contributed by atoms with E-state index in [0.29, 0.717) is 19.8 Å². The van der Waals surface area contributed by atoms with E-state index in [4.69, 9.17) is 4.74 Å². The van der Waals surface area contributed by atoms with E-state index in [9.17, 15) is 9.18 Å². The van der Waals surface area contributed by atoms with Crippen molar-refractivity contribution in [3.63, 3.8) is 0 Å². The Bertz CT molecular complexity index is 764. The Hall–Kier alpha value is -2.14. The molecule has 1 N–H and O–H groups in total. The standard InChI is InChI=1S/C18H21FN2O2/c1-13-8-14(2)21(17(22)9-13)20-11-18(6-7-23-12-18)15-4-3-5-16(19)10-15/h3-5,8-10,20H,6-7,11-12H2,1-2H3. The number of rotatable bonds is 4. The SMILES string of the molecule is Cc1cc(C)n(NCC2(c3cccc(F)c3)CCOC2)c(=O)c1. The van der Waals surface area contributed by atoms with Crippen molar-refractivity contribution in [3.8, 4) is 0 Å². The maximum absolute atomic E-state index is 13.6. The molecule has 2 aromatic rings. The molecule has 0 amide bonds. The van der Waals surface area contributed by atoms with Crippen LogP contribution in [0.1, 0.15) is 23.2 Å². The molecule has 122 valence electrons. The molecule has 5 heteroatoms. The van der Waals surface area contributed by atoms with Crippen LogP contribution in [-0.4, -0.2) is 24.4 Å². The molecule has 1 aliphatic rings. The molecule has 1 saturated heterocycles. The highest BCUT2D eigenvalue weighted by molar-refractivity contribution is 5.29. The van der Waals surface area contributed by atoms with E-state index in [1.165, 1.54) is 6.07 Å². The summed E-state index contributed by atoms with van der Waals surface area (Å²) < 4.78 is 20.7. The summed E-state index contributed by atoms with van der Waals surface area (Å²) in [6, 6.07) is 10.2. The smallest absolute Gasteiger partial charge is 0.269 e. The molecular formula is C18H21FN2O2. The minimum atomic E-state index is -0.321. The zero-order valence-corrected chi connectivity index (χ0v) is 13.4. The topological polar surface area (TPSA) is 43.3 Å². The lowest BCUT2D eigenvalue weighted by Crippen LogP contribution is -2.41. The average molecular weight is 316 g/mol. The van der Waals surface area contributed by atoms with Crippen molar-refractivity contribution in [2.75, 3.05) is 25.2 Å². The van der Waals surface area contributed by atoms with E-state index in [1.807, 2.05) is 26.0 Å². The first-order valence-electron chi connectivity index (χ1n) is 7.78. The first-order valence-corrected chi connectivity index (χ1v) is 7.78. The molecule has 0 bridgehead atoms. The van der Waals surface area contributed by atoms with Crippen molar-refractivity contribution in [2.45, 2.75) is 25.7 Å². The Morgan fingerprint density at radius 2 is 2.13 bits per heavy atom. The first-order chi connectivity index (χ1) is 11.0. The lowest BCUT2D eigenvalue weighted by Gasteiger charge is -2.29. The second-order valence-electron chi connectivity index (χ2n) is 6.28. The van der Waals surface area contributed by atoms with Crippen LogP contribution in [0.2, 0.25) is 0 Å². The molecule has 0 radical (unpaired) electrons. The minimum Gasteiger partial charge on any atom is -0.380 e. The van der Waals surface area contributed by atoms with Crippen LogP contribution >= 0.6 is 0 Å². The van der Waals surface area contributed by atoms with E-state index < -0.39 is 0 Å². The van der Waals surface area contributed by atoms with Gasteiger partial charge in [0.1, 0.15) is 5.82 Å². The van der Waals surface area contributed by atoms with Gasteiger partial charge in [-0.2, -0.15) is 0 Å². The molecule has 1 unspecified atom stereocenters. The highest BCUT2D eigenvalue weighted by Crippen LogP contribution is 2.33. The maximum Gasteiger partial charge on any atom is 0.269 e. The highest BCUT2D eigenvalue weighted by Gasteiger charge is 2.37. The first kappa shape index (κ1) is 15.7. The van der Waals surface area contributed by atoms with E-state index in [1.54, 1.807) is 22.9 Å². The monoisotopic (exact) mass is 316 g/mol. The molecule has 0 aliphatic carbocycles. The number of benzene rings is 1. The molecule has 1 atom stereocenters. The van der Waals surface area contributed by atoms with Gasteiger partial charge in [0.25, 0.3) is 5.56 Å². The van der Waals surface area contributed by atoms with E-state index in [-0.39, 0.29) is 16.8 Å². The number of ether oxygens (including phenoxy) is 1. The molecule has 1 fully saturated rings. The molecular weight excluding hydrogens is 295 g/mol. The molecule has 1 aromatic carbocycles. The Balaban J connectivity index is 1.89. The van der Waals surface area contributed by atoms with E-state index in [2.05, 4.69) is 5.43 Å². The van der Waals surface area contributed by atoms with Gasteiger partial charge >= 0.3 is 0 Å². The highest BCUT2D eigenvalue weighted by atomic mass is 19.1. The summed E-state index contributed by atoms with van der Waals surface area (Å²) in [4.78, 5) is 12.2. The van der Waals surface area contributed by atoms with Crippen LogP contribution in [0.4, 0.5) is 4.39 Å². The van der Waals surface area contributed by atoms with Gasteiger partial charge in [0.2, 0.25) is 0 Å². The van der Waals surface area contributed by atoms with Crippen LogP contribution < -0.4 is 11.0 Å². The normalized spacial score (nSPS) is 20.7. The van der Waals surface area contributed by atoms with Gasteiger partial charge in [0.05, 0.1) is 6.61 Å². The van der Waals surface area contributed by atoms with Crippen molar-refractivity contribution in [1.29, 1.82) is 0 Å². The third kappa shape index (κ3) is 3.15. The van der Waals surface area contributed by atoms with Crippen LogP contribution in [0.5, 0.6) is 0 Å². The maximum atomic E-state index is 13.6. The van der Waals surface area contributed by atoms with Crippen molar-refractivity contribution in [2.24, 2.45) is 0 Å². The molecule has 23 heavy (non-hydrogen) atoms. The summed E-state index contributed by atoms with van der Waals surface area (Å²) in [6.45, 7) is 5.46. The summed E-state index contributed by atoms with van der Waals surface area (Å²) in [5, 5.41) is 0. The Labute approximate surface area is 134 Å². The lowest BCUT2D eigenvalue weighted by molar-refractivity contribution is 0.178. The number of aromatic nitrogens is 1. The van der Waals surface area contributed by atoms with Crippen molar-refractivity contribution in [1.82, 2.24) is 4.68 Å². The third-order valence-electron chi connectivity index (χ3n) is 4.48. The van der Waals surface area contributed by atoms with Gasteiger partial charge in [-0.15, -0.1) is 0 Å². The molecule has 0 saturated carbocycles. The quantitative estimate of drug-likeness (QED) is 0.942. The van der Waals surface area contributed by atoms with Crippen LogP contribution in [-0.2, 0) is 10.2 Å². The molecule has 3 rings (SSSR count). The van der Waals surface area contributed by atoms with Gasteiger partial charge in [-0.05, 0) is 49.6 Å². The van der Waals surface area contributed by atoms with Gasteiger partial charge in [-0.25, -0.2) is 9.07 Å². The van der Waals surface area contributed by atoms with Crippen molar-refractivity contribution in [3.05, 3.63) is 69.4 Å². The zero-order valence-electron chi connectivity index (χ0n) is 13.4. The second kappa shape index (κ2) is 6.16. The second-order valence-corrected chi connectivity index (χ2v) is 6.28. The van der Waals surface area contributed by atoms with Gasteiger partial charge in [-0.3, -0.25) is 4.79 Å². The van der Waals surface area contributed by atoms with Crippen LogP contribution in [0.3, 0.4) is 0 Å². The number of hydrogen-bond acceptors (Lipinski definition) is 3. The fourth-order valence-electron chi connectivity index (χ4n) is 3.20. The summed E-state index contributed by atoms with van der Waals surface area (Å²) in [7, 11) is 0. The number of nitrogens with zero attached hydrogens (tertiary/aromatic N) is 1. The number of nitrogens with one attached hydrogen (secondary N) is 1. The molecule has 0 spiro atoms. The van der Waals surface area contributed by atoms with Crippen LogP contribution in [0.25, 0.3) is 0 Å². The van der Waals surface area contributed by atoms with Crippen molar-refractivity contribution >= 4 is 0 Å². The Kier molecular flexibility index (Phi) is 4.22. The van der Waals surface area contributed by atoms with Gasteiger partial charge in [0, 0.05) is 30.3 Å². The molecule has 4 nitrogen and oxygen atoms in total. The van der Waals surface area contributed by atoms with Crippen LogP contribution in [0.15, 0.2) is 41.2 Å². The summed E-state index contributed by atoms with van der Waals surface area (Å²) >= 11 is 0. The van der Waals surface area contributed by atoms with Gasteiger partial charge in [-0.1, -0.05) is 12.1 Å². The molecule has 1 aromatic heterocycles. The molecule has 1 aliphatic heterocycles. The fraction of sp³-hybridized carbons (Fsp3) is 0.389. The summed E-state index contributed by atoms with van der Waals surface area (Å²) in [6.07, 6.45) is 0.795. The fourth-order valence-corrected chi connectivity index (χ4v) is 3.20. The largest absolute Gasteiger partial charge is 0.380 e. The summed E-state index contributed by atoms with van der Waals surface area (Å²) in [5.74, 6) is -0.252. The third-order valence-corrected chi connectivity index (χ3v) is 4.48. The van der Waals surface area contributed by atoms with Gasteiger partial charge in [0.15, 0.2) is 0 Å². The predicted molar refractivity (Wildman–Crippen MR) is 87.9 cm³/mol. The zero-order chi connectivity index (χ0) is 16.4. The predicted octanol–water partition coefficient (Wildman–Crippen LogP) is 2.51. The molecule has 2 heterocycles. The average Bonchev–Trinajstić information content (AvgIpc) is 2.96. The minimum absolute atomic E-state index is 0.0872. The van der Waals surface area contributed by atoms with Gasteiger partial charge < -0.3 is 10.2 Å². The van der Waals surface area contributed by atoms with E-state index >= 15 is 0 Å². The number of aryl methyl sites for hydroxylation is 2. The Morgan fingerprint density at radius 3 is 2.78 bits per heavy atom. The lowest BCUT2D eigenvalue weighted by atomic mass is 9.80.